The van der Waals surface area contributed by atoms with Gasteiger partial charge in [-0.1, -0.05) is 13.3 Å². The molecule has 0 spiro atoms. The zero-order chi connectivity index (χ0) is 13.0. The first-order valence-electron chi connectivity index (χ1n) is 6.62. The summed E-state index contributed by atoms with van der Waals surface area (Å²) in [6.07, 6.45) is 6.59. The molecule has 0 bridgehead atoms. The van der Waals surface area contributed by atoms with Crippen LogP contribution in [0, 0.1) is 0 Å². The summed E-state index contributed by atoms with van der Waals surface area (Å²) in [4.78, 5) is 12.2. The van der Waals surface area contributed by atoms with Crippen molar-refractivity contribution >= 4 is 21.8 Å². The largest absolute Gasteiger partial charge is 0.342 e. The van der Waals surface area contributed by atoms with Gasteiger partial charge in [0.15, 0.2) is 0 Å². The van der Waals surface area contributed by atoms with Crippen molar-refractivity contribution in [3.8, 4) is 0 Å². The number of halogens is 1. The van der Waals surface area contributed by atoms with Crippen LogP contribution in [0.3, 0.4) is 0 Å². The summed E-state index contributed by atoms with van der Waals surface area (Å²) in [7, 11) is 0. The Morgan fingerprint density at radius 3 is 2.78 bits per heavy atom. The second kappa shape index (κ2) is 6.38. The number of carbonyl (C=O) groups is 1. The van der Waals surface area contributed by atoms with E-state index in [1.807, 2.05) is 21.8 Å². The number of aryl methyl sites for hydroxylation is 1. The Labute approximate surface area is 116 Å². The van der Waals surface area contributed by atoms with Gasteiger partial charge in [-0.25, -0.2) is 5.01 Å². The first kappa shape index (κ1) is 13.6. The van der Waals surface area contributed by atoms with Gasteiger partial charge in [0.05, 0.1) is 0 Å². The molecular formula is C13H20BrN3O. The van der Waals surface area contributed by atoms with E-state index in [1.165, 1.54) is 19.3 Å². The van der Waals surface area contributed by atoms with Crippen LogP contribution in [0.1, 0.15) is 43.1 Å². The molecule has 2 heterocycles. The molecule has 1 aromatic rings. The maximum absolute atomic E-state index is 12.2. The highest BCUT2D eigenvalue weighted by Gasteiger charge is 2.17. The number of nitrogens with one attached hydrogen (secondary N) is 1. The van der Waals surface area contributed by atoms with Crippen LogP contribution in [-0.4, -0.2) is 28.6 Å². The third kappa shape index (κ3) is 3.36. The molecule has 0 saturated carbocycles. The second-order valence-corrected chi connectivity index (χ2v) is 5.64. The van der Waals surface area contributed by atoms with Crippen LogP contribution >= 0.6 is 15.9 Å². The predicted octanol–water partition coefficient (Wildman–Crippen LogP) is 2.79. The lowest BCUT2D eigenvalue weighted by atomic mass is 10.2. The number of hydrogen-bond donors (Lipinski definition) is 1. The van der Waals surface area contributed by atoms with Gasteiger partial charge in [0, 0.05) is 30.3 Å². The van der Waals surface area contributed by atoms with Gasteiger partial charge in [-0.15, -0.1) is 0 Å². The molecule has 1 N–H and O–H groups in total. The van der Waals surface area contributed by atoms with E-state index in [9.17, 15) is 4.79 Å². The Balaban J connectivity index is 2.03. The molecule has 0 aliphatic carbocycles. The van der Waals surface area contributed by atoms with Gasteiger partial charge < -0.3 is 4.57 Å². The van der Waals surface area contributed by atoms with Crippen molar-refractivity contribution in [3.63, 3.8) is 0 Å². The fourth-order valence-corrected chi connectivity index (χ4v) is 2.76. The van der Waals surface area contributed by atoms with Crippen LogP contribution in [0.15, 0.2) is 16.7 Å². The molecule has 0 radical (unpaired) electrons. The highest BCUT2D eigenvalue weighted by molar-refractivity contribution is 9.10. The molecule has 1 amide bonds. The molecule has 1 aliphatic rings. The minimum Gasteiger partial charge on any atom is -0.342 e. The SMILES string of the molecule is CCCn1cc(Br)cc1C(=O)NN1CCCCC1. The van der Waals surface area contributed by atoms with E-state index in [1.54, 1.807) is 0 Å². The van der Waals surface area contributed by atoms with E-state index in [2.05, 4.69) is 28.3 Å². The van der Waals surface area contributed by atoms with Gasteiger partial charge in [0.25, 0.3) is 5.91 Å². The van der Waals surface area contributed by atoms with Crippen molar-refractivity contribution in [2.24, 2.45) is 0 Å². The van der Waals surface area contributed by atoms with Crippen LogP contribution in [0.4, 0.5) is 0 Å². The van der Waals surface area contributed by atoms with Gasteiger partial charge >= 0.3 is 0 Å². The van der Waals surface area contributed by atoms with Gasteiger partial charge in [-0.2, -0.15) is 0 Å². The second-order valence-electron chi connectivity index (χ2n) is 4.73. The molecule has 1 aliphatic heterocycles. The molecule has 100 valence electrons. The molecule has 0 atom stereocenters. The Kier molecular flexibility index (Phi) is 4.83. The number of piperidine rings is 1. The minimum atomic E-state index is -0.00366. The molecule has 2 rings (SSSR count). The van der Waals surface area contributed by atoms with Gasteiger partial charge in [-0.05, 0) is 41.3 Å². The van der Waals surface area contributed by atoms with E-state index in [-0.39, 0.29) is 5.91 Å². The third-order valence-electron chi connectivity index (χ3n) is 3.18. The Bertz CT molecular complexity index is 410. The smallest absolute Gasteiger partial charge is 0.282 e. The monoisotopic (exact) mass is 313 g/mol. The van der Waals surface area contributed by atoms with E-state index < -0.39 is 0 Å². The lowest BCUT2D eigenvalue weighted by Crippen LogP contribution is -2.45. The average molecular weight is 314 g/mol. The minimum absolute atomic E-state index is 0.00366. The lowest BCUT2D eigenvalue weighted by Gasteiger charge is -2.26. The zero-order valence-corrected chi connectivity index (χ0v) is 12.4. The van der Waals surface area contributed by atoms with E-state index in [0.717, 1.165) is 36.2 Å². The number of hydrogen-bond acceptors (Lipinski definition) is 2. The Morgan fingerprint density at radius 2 is 2.11 bits per heavy atom. The van der Waals surface area contributed by atoms with Crippen LogP contribution in [0.2, 0.25) is 0 Å². The molecule has 0 aromatic carbocycles. The summed E-state index contributed by atoms with van der Waals surface area (Å²) in [5, 5.41) is 2.03. The fraction of sp³-hybridized carbons (Fsp3) is 0.615. The maximum atomic E-state index is 12.2. The summed E-state index contributed by atoms with van der Waals surface area (Å²) >= 11 is 3.43. The molecule has 5 heteroatoms. The topological polar surface area (TPSA) is 37.3 Å². The molecule has 4 nitrogen and oxygen atoms in total. The number of aromatic nitrogens is 1. The van der Waals surface area contributed by atoms with E-state index in [4.69, 9.17) is 0 Å². The van der Waals surface area contributed by atoms with Crippen molar-refractivity contribution in [1.29, 1.82) is 0 Å². The number of carbonyl (C=O) groups excluding carboxylic acids is 1. The van der Waals surface area contributed by atoms with Crippen LogP contribution in [0.5, 0.6) is 0 Å². The lowest BCUT2D eigenvalue weighted by molar-refractivity contribution is 0.0740. The maximum Gasteiger partial charge on any atom is 0.282 e. The van der Waals surface area contributed by atoms with E-state index in [0.29, 0.717) is 0 Å². The van der Waals surface area contributed by atoms with Crippen LogP contribution in [-0.2, 0) is 6.54 Å². The Morgan fingerprint density at radius 1 is 1.39 bits per heavy atom. The molecule has 1 aromatic heterocycles. The zero-order valence-electron chi connectivity index (χ0n) is 10.8. The van der Waals surface area contributed by atoms with Crippen molar-refractivity contribution in [3.05, 3.63) is 22.4 Å². The number of amides is 1. The normalized spacial score (nSPS) is 16.8. The summed E-state index contributed by atoms with van der Waals surface area (Å²) < 4.78 is 2.96. The van der Waals surface area contributed by atoms with Crippen molar-refractivity contribution in [1.82, 2.24) is 15.0 Å². The van der Waals surface area contributed by atoms with Crippen LogP contribution < -0.4 is 5.43 Å². The van der Waals surface area contributed by atoms with Gasteiger partial charge in [0.1, 0.15) is 5.69 Å². The van der Waals surface area contributed by atoms with Crippen LogP contribution in [0.25, 0.3) is 0 Å². The number of hydrazine groups is 1. The van der Waals surface area contributed by atoms with E-state index >= 15 is 0 Å². The average Bonchev–Trinajstić information content (AvgIpc) is 2.72. The number of rotatable bonds is 4. The highest BCUT2D eigenvalue weighted by Crippen LogP contribution is 2.16. The standard InChI is InChI=1S/C13H20BrN3O/c1-2-6-16-10-11(14)9-12(16)13(18)15-17-7-4-3-5-8-17/h9-10H,2-8H2,1H3,(H,15,18). The first-order valence-corrected chi connectivity index (χ1v) is 7.41. The summed E-state index contributed by atoms with van der Waals surface area (Å²) in [5.74, 6) is -0.00366. The van der Waals surface area contributed by atoms with Crippen molar-refractivity contribution < 1.29 is 4.79 Å². The molecule has 18 heavy (non-hydrogen) atoms. The summed E-state index contributed by atoms with van der Waals surface area (Å²) in [6.45, 7) is 4.90. The van der Waals surface area contributed by atoms with Gasteiger partial charge in [0.2, 0.25) is 0 Å². The fourth-order valence-electron chi connectivity index (χ4n) is 2.30. The predicted molar refractivity (Wildman–Crippen MR) is 75.3 cm³/mol. The first-order chi connectivity index (χ1) is 8.70. The quantitative estimate of drug-likeness (QED) is 0.928. The molecule has 1 fully saturated rings. The number of nitrogens with zero attached hydrogens (tertiary/aromatic N) is 2. The summed E-state index contributed by atoms with van der Waals surface area (Å²) in [6, 6.07) is 1.88. The van der Waals surface area contributed by atoms with Gasteiger partial charge in [-0.3, -0.25) is 10.2 Å². The molecular weight excluding hydrogens is 294 g/mol. The van der Waals surface area contributed by atoms with Crippen molar-refractivity contribution in [2.75, 3.05) is 13.1 Å². The third-order valence-corrected chi connectivity index (χ3v) is 3.61. The van der Waals surface area contributed by atoms with Crippen molar-refractivity contribution in [2.45, 2.75) is 39.2 Å². The highest BCUT2D eigenvalue weighted by atomic mass is 79.9. The molecule has 0 unspecified atom stereocenters. The molecule has 1 saturated heterocycles. The summed E-state index contributed by atoms with van der Waals surface area (Å²) in [5.41, 5.74) is 3.73. The Hall–Kier alpha value is -0.810.